The molecule has 0 atom stereocenters. The molecule has 0 amide bonds. The van der Waals surface area contributed by atoms with Gasteiger partial charge < -0.3 is 4.89 Å². The molecule has 0 heterocycles. The van der Waals surface area contributed by atoms with Crippen LogP contribution in [0.15, 0.2) is 24.3 Å². The Morgan fingerprint density at radius 2 is 1.29 bits per heavy atom. The number of benzene rings is 1. The van der Waals surface area contributed by atoms with Gasteiger partial charge in [0.05, 0.1) is 0 Å². The summed E-state index contributed by atoms with van der Waals surface area (Å²) in [6, 6.07) is 8.71. The van der Waals surface area contributed by atoms with Gasteiger partial charge >= 0.3 is 0 Å². The fraction of sp³-hybridized carbons (Fsp3) is 0.500. The van der Waals surface area contributed by atoms with Crippen LogP contribution in [0, 0.1) is 6.92 Å². The van der Waals surface area contributed by atoms with Crippen LogP contribution in [0.2, 0.25) is 0 Å². The topological polar surface area (TPSA) is 20.2 Å². The fourth-order valence-electron chi connectivity index (χ4n) is 0.951. The Hall–Kier alpha value is 1.19. The van der Waals surface area contributed by atoms with Gasteiger partial charge in [0.2, 0.25) is 0 Å². The van der Waals surface area contributed by atoms with Gasteiger partial charge in [0, 0.05) is 27.6 Å². The van der Waals surface area contributed by atoms with E-state index in [9.17, 15) is 0 Å². The van der Waals surface area contributed by atoms with E-state index in [1.54, 1.807) is 13.3 Å². The zero-order chi connectivity index (χ0) is 11.1. The van der Waals surface area contributed by atoms with Gasteiger partial charge in [0.25, 0.3) is 0 Å². The Morgan fingerprint density at radius 3 is 1.53 bits per heavy atom. The van der Waals surface area contributed by atoms with Crippen molar-refractivity contribution in [1.29, 1.82) is 0 Å². The van der Waals surface area contributed by atoms with E-state index in [4.69, 9.17) is 4.89 Å². The smallest absolute Gasteiger partial charge is 0.0187 e. The third kappa shape index (κ3) is 17.2. The van der Waals surface area contributed by atoms with Crippen molar-refractivity contribution >= 4 is 42.1 Å². The van der Waals surface area contributed by atoms with Crippen molar-refractivity contribution in [3.63, 3.8) is 0 Å². The fourth-order valence-corrected chi connectivity index (χ4v) is 0.951. The van der Waals surface area contributed by atoms with Gasteiger partial charge in [-0.2, -0.15) is 0 Å². The quantitative estimate of drug-likeness (QED) is 0.453. The number of hydrogen-bond donors (Lipinski definition) is 1. The van der Waals surface area contributed by atoms with Gasteiger partial charge in [-0.05, 0) is 31.7 Å². The molecule has 5 heteroatoms. The van der Waals surface area contributed by atoms with Crippen LogP contribution in [-0.4, -0.2) is 18.2 Å². The molecule has 0 radical (unpaired) electrons. The Kier molecular flexibility index (Phi) is 24.0. The van der Waals surface area contributed by atoms with Crippen molar-refractivity contribution in [2.45, 2.75) is 26.7 Å². The second kappa shape index (κ2) is 15.3. The second-order valence-corrected chi connectivity index (χ2v) is 5.61. The Balaban J connectivity index is -0.000000108. The van der Waals surface area contributed by atoms with Crippen LogP contribution in [0.4, 0.5) is 0 Å². The van der Waals surface area contributed by atoms with Crippen LogP contribution in [0.1, 0.15) is 30.9 Å². The summed E-state index contributed by atoms with van der Waals surface area (Å²) in [4.78, 5) is 8.12. The average molecular weight is 475 g/mol. The predicted molar refractivity (Wildman–Crippen MR) is 86.9 cm³/mol. The van der Waals surface area contributed by atoms with Gasteiger partial charge in [-0.15, -0.1) is 34.0 Å². The number of halogens is 2. The van der Waals surface area contributed by atoms with E-state index in [0.29, 0.717) is 5.92 Å². The van der Waals surface area contributed by atoms with E-state index in [1.807, 2.05) is 0 Å². The molecule has 17 heavy (non-hydrogen) atoms. The molecule has 0 saturated heterocycles. The van der Waals surface area contributed by atoms with Gasteiger partial charge in [0.1, 0.15) is 0 Å². The van der Waals surface area contributed by atoms with E-state index < -0.39 is 8.15 Å². The Labute approximate surface area is 141 Å². The molecule has 0 fully saturated rings. The molecule has 0 aliphatic carbocycles. The van der Waals surface area contributed by atoms with Crippen LogP contribution >= 0.6 is 42.1 Å². The minimum atomic E-state index is -0.620. The van der Waals surface area contributed by atoms with Crippen molar-refractivity contribution in [2.24, 2.45) is 0 Å². The zero-order valence-electron chi connectivity index (χ0n) is 11.0. The van der Waals surface area contributed by atoms with E-state index in [1.165, 1.54) is 11.1 Å². The average Bonchev–Trinajstić information content (AvgIpc) is 2.03. The molecule has 0 aliphatic rings. The van der Waals surface area contributed by atoms with Crippen molar-refractivity contribution in [3.05, 3.63) is 35.4 Å². The maximum Gasteiger partial charge on any atom is 0.0187 e. The third-order valence-electron chi connectivity index (χ3n) is 1.74. The molecule has 1 nitrogen and oxygen atoms in total. The minimum Gasteiger partial charge on any atom is -0.374 e. The summed E-state index contributed by atoms with van der Waals surface area (Å²) in [6.07, 6.45) is 0. The second-order valence-electron chi connectivity index (χ2n) is 3.91. The number of hydrogen-bond acceptors (Lipinski definition) is 1. The molecule has 0 aromatic heterocycles. The Bertz CT molecular complexity index is 250. The van der Waals surface area contributed by atoms with Crippen molar-refractivity contribution in [2.75, 3.05) is 13.3 Å². The third-order valence-corrected chi connectivity index (χ3v) is 1.74. The molecule has 0 saturated carbocycles. The first kappa shape index (κ1) is 26.7. The normalized spacial score (nSPS) is 8.24. The molecule has 0 bridgehead atoms. The standard InChI is InChI=1S/C10H14.C2H7OP.2BrH.Ru/c1-8(2)10-6-4-9(3)5-7-10;1-4(2)3;;;/h4-8H,1-3H3;3H,1-2H3;2*1H;. The summed E-state index contributed by atoms with van der Waals surface area (Å²) < 4.78 is 0. The maximum atomic E-state index is 8.12. The first-order chi connectivity index (χ1) is 6.43. The number of rotatable bonds is 1. The van der Waals surface area contributed by atoms with Gasteiger partial charge in [-0.3, -0.25) is 0 Å². The van der Waals surface area contributed by atoms with E-state index >= 15 is 0 Å². The van der Waals surface area contributed by atoms with E-state index in [0.717, 1.165) is 0 Å². The van der Waals surface area contributed by atoms with Crippen LogP contribution in [0.3, 0.4) is 0 Å². The first-order valence-corrected chi connectivity index (χ1v) is 7.05. The summed E-state index contributed by atoms with van der Waals surface area (Å²) in [7, 11) is -0.620. The molecular formula is C12H23Br2OPRu. The zero-order valence-corrected chi connectivity index (χ0v) is 17.0. The van der Waals surface area contributed by atoms with E-state index in [-0.39, 0.29) is 53.4 Å². The SMILES string of the molecule is Br.Br.CP(C)O.Cc1ccc(C(C)C)cc1.[Ru]. The monoisotopic (exact) mass is 474 g/mol. The van der Waals surface area contributed by atoms with Crippen LogP contribution < -0.4 is 0 Å². The summed E-state index contributed by atoms with van der Waals surface area (Å²) >= 11 is 0. The molecule has 1 aromatic rings. The molecule has 1 N–H and O–H groups in total. The summed E-state index contributed by atoms with van der Waals surface area (Å²) in [5.41, 5.74) is 2.76. The van der Waals surface area contributed by atoms with Gasteiger partial charge in [-0.25, -0.2) is 0 Å². The molecule has 1 rings (SSSR count). The first-order valence-electron chi connectivity index (χ1n) is 4.86. The van der Waals surface area contributed by atoms with Gasteiger partial charge in [0.15, 0.2) is 0 Å². The van der Waals surface area contributed by atoms with Gasteiger partial charge in [-0.1, -0.05) is 43.7 Å². The number of aryl methyl sites for hydroxylation is 1. The Morgan fingerprint density at radius 1 is 1.00 bits per heavy atom. The van der Waals surface area contributed by atoms with Crippen molar-refractivity contribution in [3.8, 4) is 0 Å². The van der Waals surface area contributed by atoms with Crippen LogP contribution in [-0.2, 0) is 19.5 Å². The van der Waals surface area contributed by atoms with E-state index in [2.05, 4.69) is 45.0 Å². The summed E-state index contributed by atoms with van der Waals surface area (Å²) in [6.45, 7) is 10.1. The maximum absolute atomic E-state index is 8.12. The molecule has 104 valence electrons. The van der Waals surface area contributed by atoms with Crippen LogP contribution in [0.25, 0.3) is 0 Å². The summed E-state index contributed by atoms with van der Waals surface area (Å²) in [5, 5.41) is 0. The molecule has 0 unspecified atom stereocenters. The molecule has 0 spiro atoms. The predicted octanol–water partition coefficient (Wildman–Crippen LogP) is 4.91. The van der Waals surface area contributed by atoms with Crippen LogP contribution in [0.5, 0.6) is 0 Å². The minimum absolute atomic E-state index is 0. The van der Waals surface area contributed by atoms with Crippen molar-refractivity contribution in [1.82, 2.24) is 0 Å². The molecular weight excluding hydrogens is 452 g/mol. The van der Waals surface area contributed by atoms with Crippen molar-refractivity contribution < 1.29 is 24.4 Å². The summed E-state index contributed by atoms with van der Waals surface area (Å²) in [5.74, 6) is 0.653. The molecule has 1 aromatic carbocycles. The largest absolute Gasteiger partial charge is 0.374 e. The molecule has 0 aliphatic heterocycles.